The maximum Gasteiger partial charge on any atom is 0.256 e. The summed E-state index contributed by atoms with van der Waals surface area (Å²) in [5.74, 6) is -1.95. The monoisotopic (exact) mass is 437 g/mol. The highest BCUT2D eigenvalue weighted by molar-refractivity contribution is 9.12. The molecule has 0 radical (unpaired) electrons. The SMILES string of the molecule is CCN(Cc1ccc(F)c(F)c1)C(=O)c1cc(Br)sc1Br. The standard InChI is InChI=1S/C14H11Br2F2NOS/c1-2-19(7-8-3-4-10(17)11(18)5-8)14(20)9-6-12(15)21-13(9)16/h3-6H,2,7H2,1H3. The molecule has 0 saturated heterocycles. The third-order valence-electron chi connectivity index (χ3n) is 2.91. The lowest BCUT2D eigenvalue weighted by atomic mass is 10.2. The molecule has 1 aromatic carbocycles. The molecule has 0 spiro atoms. The van der Waals surface area contributed by atoms with E-state index in [1.165, 1.54) is 17.4 Å². The third kappa shape index (κ3) is 3.90. The smallest absolute Gasteiger partial charge is 0.256 e. The van der Waals surface area contributed by atoms with Crippen molar-refractivity contribution in [1.82, 2.24) is 4.90 Å². The Morgan fingerprint density at radius 2 is 1.95 bits per heavy atom. The van der Waals surface area contributed by atoms with Crippen molar-refractivity contribution in [2.24, 2.45) is 0 Å². The number of hydrogen-bond acceptors (Lipinski definition) is 2. The second-order valence-electron chi connectivity index (χ2n) is 4.31. The number of benzene rings is 1. The maximum atomic E-state index is 13.2. The van der Waals surface area contributed by atoms with Crippen LogP contribution < -0.4 is 0 Å². The highest BCUT2D eigenvalue weighted by Crippen LogP contribution is 2.32. The van der Waals surface area contributed by atoms with Crippen molar-refractivity contribution in [3.63, 3.8) is 0 Å². The Balaban J connectivity index is 2.21. The fraction of sp³-hybridized carbons (Fsp3) is 0.214. The van der Waals surface area contributed by atoms with E-state index in [2.05, 4.69) is 31.9 Å². The van der Waals surface area contributed by atoms with Gasteiger partial charge in [0, 0.05) is 13.1 Å². The lowest BCUT2D eigenvalue weighted by Gasteiger charge is -2.21. The van der Waals surface area contributed by atoms with Crippen LogP contribution in [0.2, 0.25) is 0 Å². The molecular weight excluding hydrogens is 428 g/mol. The number of thiophene rings is 1. The number of rotatable bonds is 4. The second kappa shape index (κ2) is 6.98. The van der Waals surface area contributed by atoms with Gasteiger partial charge in [0.1, 0.15) is 0 Å². The van der Waals surface area contributed by atoms with Gasteiger partial charge in [0.2, 0.25) is 0 Å². The molecule has 112 valence electrons. The zero-order valence-corrected chi connectivity index (χ0v) is 15.0. The Bertz CT molecular complexity index is 675. The summed E-state index contributed by atoms with van der Waals surface area (Å²) in [5, 5.41) is 0. The number of hydrogen-bond donors (Lipinski definition) is 0. The average molecular weight is 439 g/mol. The van der Waals surface area contributed by atoms with Gasteiger partial charge in [-0.1, -0.05) is 6.07 Å². The summed E-state index contributed by atoms with van der Waals surface area (Å²) in [6.45, 7) is 2.54. The molecule has 2 aromatic rings. The number of carbonyl (C=O) groups excluding carboxylic acids is 1. The highest BCUT2D eigenvalue weighted by Gasteiger charge is 2.20. The van der Waals surface area contributed by atoms with Crippen molar-refractivity contribution in [1.29, 1.82) is 0 Å². The normalized spacial score (nSPS) is 10.7. The van der Waals surface area contributed by atoms with E-state index in [0.29, 0.717) is 17.7 Å². The summed E-state index contributed by atoms with van der Waals surface area (Å²) in [4.78, 5) is 14.1. The summed E-state index contributed by atoms with van der Waals surface area (Å²) < 4.78 is 27.8. The van der Waals surface area contributed by atoms with Crippen LogP contribution in [0.3, 0.4) is 0 Å². The molecule has 1 aromatic heterocycles. The average Bonchev–Trinajstić information content (AvgIpc) is 2.78. The van der Waals surface area contributed by atoms with Crippen LogP contribution in [-0.4, -0.2) is 17.4 Å². The molecule has 7 heteroatoms. The van der Waals surface area contributed by atoms with Gasteiger partial charge in [-0.25, -0.2) is 8.78 Å². The van der Waals surface area contributed by atoms with Gasteiger partial charge < -0.3 is 4.90 Å². The van der Waals surface area contributed by atoms with Crippen LogP contribution in [0.1, 0.15) is 22.8 Å². The molecule has 0 bridgehead atoms. The van der Waals surface area contributed by atoms with Crippen molar-refractivity contribution >= 4 is 49.1 Å². The molecule has 0 atom stereocenters. The Morgan fingerprint density at radius 1 is 1.24 bits per heavy atom. The maximum absolute atomic E-state index is 13.2. The van der Waals surface area contributed by atoms with Crippen LogP contribution in [0.15, 0.2) is 31.8 Å². The van der Waals surface area contributed by atoms with Crippen molar-refractivity contribution < 1.29 is 13.6 Å². The first kappa shape index (κ1) is 16.6. The van der Waals surface area contributed by atoms with Crippen LogP contribution in [0, 0.1) is 11.6 Å². The summed E-state index contributed by atoms with van der Waals surface area (Å²) in [6.07, 6.45) is 0. The van der Waals surface area contributed by atoms with Crippen LogP contribution in [0.4, 0.5) is 8.78 Å². The third-order valence-corrected chi connectivity index (χ3v) is 5.25. The van der Waals surface area contributed by atoms with Gasteiger partial charge in [-0.15, -0.1) is 11.3 Å². The lowest BCUT2D eigenvalue weighted by Crippen LogP contribution is -2.30. The minimum atomic E-state index is -0.907. The minimum absolute atomic E-state index is 0.156. The zero-order chi connectivity index (χ0) is 15.6. The fourth-order valence-electron chi connectivity index (χ4n) is 1.84. The van der Waals surface area contributed by atoms with Crippen molar-refractivity contribution in [3.05, 3.63) is 54.6 Å². The van der Waals surface area contributed by atoms with Crippen molar-refractivity contribution in [2.45, 2.75) is 13.5 Å². The Kier molecular flexibility index (Phi) is 5.51. The molecule has 0 N–H and O–H groups in total. The van der Waals surface area contributed by atoms with Gasteiger partial charge >= 0.3 is 0 Å². The van der Waals surface area contributed by atoms with Crippen LogP contribution in [0.5, 0.6) is 0 Å². The molecule has 2 rings (SSSR count). The van der Waals surface area contributed by atoms with E-state index < -0.39 is 11.6 Å². The molecule has 1 amide bonds. The molecular formula is C14H11Br2F2NOS. The zero-order valence-electron chi connectivity index (χ0n) is 11.0. The van der Waals surface area contributed by atoms with E-state index in [9.17, 15) is 13.6 Å². The van der Waals surface area contributed by atoms with Gasteiger partial charge in [-0.05, 0) is 62.5 Å². The molecule has 0 aliphatic heterocycles. The van der Waals surface area contributed by atoms with E-state index in [-0.39, 0.29) is 12.5 Å². The first-order valence-electron chi connectivity index (χ1n) is 6.10. The number of nitrogens with zero attached hydrogens (tertiary/aromatic N) is 1. The fourth-order valence-corrected chi connectivity index (χ4v) is 4.62. The Labute approximate surface area is 142 Å². The van der Waals surface area contributed by atoms with E-state index in [0.717, 1.165) is 19.7 Å². The molecule has 0 fully saturated rings. The predicted molar refractivity (Wildman–Crippen MR) is 86.5 cm³/mol. The largest absolute Gasteiger partial charge is 0.335 e. The first-order chi connectivity index (χ1) is 9.92. The summed E-state index contributed by atoms with van der Waals surface area (Å²) >= 11 is 8.10. The number of halogens is 4. The molecule has 1 heterocycles. The van der Waals surface area contributed by atoms with Gasteiger partial charge in [0.15, 0.2) is 11.6 Å². The highest BCUT2D eigenvalue weighted by atomic mass is 79.9. The Morgan fingerprint density at radius 3 is 2.48 bits per heavy atom. The molecule has 0 unspecified atom stereocenters. The summed E-state index contributed by atoms with van der Waals surface area (Å²) in [7, 11) is 0. The first-order valence-corrected chi connectivity index (χ1v) is 8.50. The Hall–Kier alpha value is -0.790. The number of carbonyl (C=O) groups is 1. The van der Waals surface area contributed by atoms with E-state index in [4.69, 9.17) is 0 Å². The predicted octanol–water partition coefficient (Wildman–Crippen LogP) is 5.21. The second-order valence-corrected chi connectivity index (χ2v) is 8.06. The number of amides is 1. The van der Waals surface area contributed by atoms with E-state index in [1.807, 2.05) is 6.92 Å². The minimum Gasteiger partial charge on any atom is -0.335 e. The molecule has 0 aliphatic carbocycles. The van der Waals surface area contributed by atoms with E-state index >= 15 is 0 Å². The van der Waals surface area contributed by atoms with Crippen LogP contribution in [0.25, 0.3) is 0 Å². The van der Waals surface area contributed by atoms with Gasteiger partial charge in [-0.2, -0.15) is 0 Å². The topological polar surface area (TPSA) is 20.3 Å². The van der Waals surface area contributed by atoms with Crippen molar-refractivity contribution in [3.8, 4) is 0 Å². The van der Waals surface area contributed by atoms with Crippen LogP contribution >= 0.6 is 43.2 Å². The molecule has 0 aliphatic rings. The van der Waals surface area contributed by atoms with Gasteiger partial charge in [0.25, 0.3) is 5.91 Å². The lowest BCUT2D eigenvalue weighted by molar-refractivity contribution is 0.0752. The summed E-state index contributed by atoms with van der Waals surface area (Å²) in [6, 6.07) is 5.40. The van der Waals surface area contributed by atoms with Crippen LogP contribution in [-0.2, 0) is 6.54 Å². The van der Waals surface area contributed by atoms with Gasteiger partial charge in [0.05, 0.1) is 13.1 Å². The van der Waals surface area contributed by atoms with E-state index in [1.54, 1.807) is 11.0 Å². The quantitative estimate of drug-likeness (QED) is 0.641. The summed E-state index contributed by atoms with van der Waals surface area (Å²) in [5.41, 5.74) is 1.10. The van der Waals surface area contributed by atoms with Gasteiger partial charge in [-0.3, -0.25) is 4.79 Å². The molecule has 0 saturated carbocycles. The molecule has 2 nitrogen and oxygen atoms in total. The molecule has 21 heavy (non-hydrogen) atoms. The van der Waals surface area contributed by atoms with Crippen molar-refractivity contribution in [2.75, 3.05) is 6.54 Å².